The van der Waals surface area contributed by atoms with Crippen molar-refractivity contribution in [2.75, 3.05) is 13.6 Å². The smallest absolute Gasteiger partial charge is 0.121 e. The van der Waals surface area contributed by atoms with E-state index in [1.165, 1.54) is 18.2 Å². The Kier molecular flexibility index (Phi) is 4.70. The Hall–Kier alpha value is -1.14. The van der Waals surface area contributed by atoms with Crippen molar-refractivity contribution in [1.29, 1.82) is 0 Å². The molecule has 5 nitrogen and oxygen atoms in total. The van der Waals surface area contributed by atoms with Gasteiger partial charge >= 0.3 is 0 Å². The van der Waals surface area contributed by atoms with Crippen LogP contribution in [0.15, 0.2) is 18.2 Å². The van der Waals surface area contributed by atoms with Crippen LogP contribution in [0.4, 0.5) is 0 Å². The Balaban J connectivity index is 2.87. The minimum Gasteiger partial charge on any atom is -0.508 e. The molecule has 1 aromatic rings. The van der Waals surface area contributed by atoms with E-state index < -0.39 is 12.2 Å². The summed E-state index contributed by atoms with van der Waals surface area (Å²) in [6, 6.07) is 4.37. The molecule has 0 aliphatic carbocycles. The number of phenols is 1. The number of hydrogen-bond acceptors (Lipinski definition) is 5. The fourth-order valence-corrected chi connectivity index (χ4v) is 1.46. The van der Waals surface area contributed by atoms with Crippen molar-refractivity contribution in [3.05, 3.63) is 29.3 Å². The van der Waals surface area contributed by atoms with Crippen LogP contribution >= 0.6 is 0 Å². The van der Waals surface area contributed by atoms with E-state index in [0.717, 1.165) is 0 Å². The average molecular weight is 227 g/mol. The first-order valence-electron chi connectivity index (χ1n) is 5.03. The van der Waals surface area contributed by atoms with Gasteiger partial charge < -0.3 is 25.7 Å². The van der Waals surface area contributed by atoms with Crippen molar-refractivity contribution < 1.29 is 20.4 Å². The van der Waals surface area contributed by atoms with Gasteiger partial charge in [-0.25, -0.2) is 0 Å². The van der Waals surface area contributed by atoms with Gasteiger partial charge in [0.15, 0.2) is 0 Å². The maximum Gasteiger partial charge on any atom is 0.121 e. The zero-order chi connectivity index (χ0) is 12.1. The van der Waals surface area contributed by atoms with E-state index in [9.17, 15) is 15.3 Å². The van der Waals surface area contributed by atoms with E-state index in [-0.39, 0.29) is 18.9 Å². The fourth-order valence-electron chi connectivity index (χ4n) is 1.46. The predicted octanol–water partition coefficient (Wildman–Crippen LogP) is -0.502. The minimum atomic E-state index is -1.04. The molecule has 5 N–H and O–H groups in total. The fraction of sp³-hybridized carbons (Fsp3) is 0.455. The maximum absolute atomic E-state index is 9.78. The molecule has 2 atom stereocenters. The van der Waals surface area contributed by atoms with Gasteiger partial charge in [-0.15, -0.1) is 0 Å². The standard InChI is InChI=1S/C11H17NO4/c1-12-5-10(15)11(16)7-2-3-9(14)8(4-7)6-13/h2-4,10-16H,5-6H2,1H3. The molecule has 0 heterocycles. The normalized spacial score (nSPS) is 14.8. The van der Waals surface area contributed by atoms with Crippen LogP contribution in [0.25, 0.3) is 0 Å². The molecule has 0 saturated heterocycles. The molecule has 0 amide bonds. The van der Waals surface area contributed by atoms with Gasteiger partial charge in [-0.2, -0.15) is 0 Å². The van der Waals surface area contributed by atoms with Crippen molar-refractivity contribution in [3.8, 4) is 5.75 Å². The van der Waals surface area contributed by atoms with Gasteiger partial charge in [0, 0.05) is 12.1 Å². The molecule has 0 aromatic heterocycles. The number of nitrogens with one attached hydrogen (secondary N) is 1. The highest BCUT2D eigenvalue weighted by atomic mass is 16.3. The molecule has 90 valence electrons. The highest BCUT2D eigenvalue weighted by Gasteiger charge is 2.18. The lowest BCUT2D eigenvalue weighted by atomic mass is 10.0. The Morgan fingerprint density at radius 1 is 1.31 bits per heavy atom. The number of benzene rings is 1. The molecule has 0 saturated carbocycles. The zero-order valence-electron chi connectivity index (χ0n) is 9.09. The van der Waals surface area contributed by atoms with Crippen molar-refractivity contribution in [2.24, 2.45) is 0 Å². The van der Waals surface area contributed by atoms with Crippen LogP contribution in [0.5, 0.6) is 5.75 Å². The first kappa shape index (κ1) is 12.9. The first-order valence-corrected chi connectivity index (χ1v) is 5.03. The zero-order valence-corrected chi connectivity index (χ0v) is 9.09. The van der Waals surface area contributed by atoms with Crippen LogP contribution in [0.3, 0.4) is 0 Å². The third kappa shape index (κ3) is 2.93. The number of aromatic hydroxyl groups is 1. The molecular weight excluding hydrogens is 210 g/mol. The summed E-state index contributed by atoms with van der Waals surface area (Å²) in [4.78, 5) is 0. The summed E-state index contributed by atoms with van der Waals surface area (Å²) in [5.74, 6) is -0.0263. The van der Waals surface area contributed by atoms with Gasteiger partial charge in [-0.3, -0.25) is 0 Å². The third-order valence-corrected chi connectivity index (χ3v) is 2.39. The van der Waals surface area contributed by atoms with E-state index >= 15 is 0 Å². The van der Waals surface area contributed by atoms with Gasteiger partial charge in [0.2, 0.25) is 0 Å². The lowest BCUT2D eigenvalue weighted by Crippen LogP contribution is -2.29. The lowest BCUT2D eigenvalue weighted by Gasteiger charge is -2.18. The quantitative estimate of drug-likeness (QED) is 0.467. The molecule has 1 aromatic carbocycles. The molecule has 2 unspecified atom stereocenters. The topological polar surface area (TPSA) is 93.0 Å². The predicted molar refractivity (Wildman–Crippen MR) is 58.9 cm³/mol. The molecule has 0 fully saturated rings. The molecule has 0 radical (unpaired) electrons. The summed E-state index contributed by atoms with van der Waals surface area (Å²) in [7, 11) is 1.67. The Bertz CT molecular complexity index is 343. The monoisotopic (exact) mass is 227 g/mol. The van der Waals surface area contributed by atoms with Gasteiger partial charge in [0.25, 0.3) is 0 Å². The minimum absolute atomic E-state index is 0.0263. The lowest BCUT2D eigenvalue weighted by molar-refractivity contribution is 0.0201. The third-order valence-electron chi connectivity index (χ3n) is 2.39. The maximum atomic E-state index is 9.78. The van der Waals surface area contributed by atoms with Crippen LogP contribution in [0.2, 0.25) is 0 Å². The number of likely N-dealkylation sites (N-methyl/N-ethyl adjacent to an activating group) is 1. The number of hydrogen-bond donors (Lipinski definition) is 5. The molecule has 5 heteroatoms. The van der Waals surface area contributed by atoms with Crippen molar-refractivity contribution in [2.45, 2.75) is 18.8 Å². The molecule has 0 bridgehead atoms. The van der Waals surface area contributed by atoms with Crippen molar-refractivity contribution in [3.63, 3.8) is 0 Å². The molecule has 0 spiro atoms. The van der Waals surface area contributed by atoms with Gasteiger partial charge in [-0.1, -0.05) is 6.07 Å². The summed E-state index contributed by atoms with van der Waals surface area (Å²) in [6.07, 6.45) is -1.97. The number of rotatable bonds is 5. The summed E-state index contributed by atoms with van der Waals surface area (Å²) < 4.78 is 0. The van der Waals surface area contributed by atoms with Crippen molar-refractivity contribution in [1.82, 2.24) is 5.32 Å². The summed E-state index contributed by atoms with van der Waals surface area (Å²) in [5, 5.41) is 40.4. The molecule has 0 aliphatic rings. The van der Waals surface area contributed by atoms with Crippen LogP contribution < -0.4 is 5.32 Å². The average Bonchev–Trinajstić information content (AvgIpc) is 2.29. The van der Waals surface area contributed by atoms with E-state index in [1.54, 1.807) is 7.05 Å². The van der Waals surface area contributed by atoms with E-state index in [1.807, 2.05) is 0 Å². The Labute approximate surface area is 94.0 Å². The second-order valence-electron chi connectivity index (χ2n) is 3.62. The molecule has 1 rings (SSSR count). The van der Waals surface area contributed by atoms with Gasteiger partial charge in [0.1, 0.15) is 11.9 Å². The van der Waals surface area contributed by atoms with E-state index in [0.29, 0.717) is 11.1 Å². The number of aliphatic hydroxyl groups is 3. The summed E-state index contributed by atoms with van der Waals surface area (Å²) >= 11 is 0. The van der Waals surface area contributed by atoms with Gasteiger partial charge in [-0.05, 0) is 24.7 Å². The van der Waals surface area contributed by atoms with Crippen LogP contribution in [-0.4, -0.2) is 40.1 Å². The molecular formula is C11H17NO4. The summed E-state index contributed by atoms with van der Waals surface area (Å²) in [6.45, 7) is -0.0506. The molecule has 0 aliphatic heterocycles. The highest BCUT2D eigenvalue weighted by molar-refractivity contribution is 5.36. The largest absolute Gasteiger partial charge is 0.508 e. The SMILES string of the molecule is CNCC(O)C(O)c1ccc(O)c(CO)c1. The Morgan fingerprint density at radius 3 is 2.56 bits per heavy atom. The van der Waals surface area contributed by atoms with E-state index in [4.69, 9.17) is 5.11 Å². The first-order chi connectivity index (χ1) is 7.60. The van der Waals surface area contributed by atoms with E-state index in [2.05, 4.69) is 5.32 Å². The van der Waals surface area contributed by atoms with Crippen molar-refractivity contribution >= 4 is 0 Å². The molecule has 16 heavy (non-hydrogen) atoms. The highest BCUT2D eigenvalue weighted by Crippen LogP contribution is 2.24. The van der Waals surface area contributed by atoms with Crippen LogP contribution in [0.1, 0.15) is 17.2 Å². The Morgan fingerprint density at radius 2 is 2.00 bits per heavy atom. The van der Waals surface area contributed by atoms with Gasteiger partial charge in [0.05, 0.1) is 12.7 Å². The number of aliphatic hydroxyl groups excluding tert-OH is 3. The van der Waals surface area contributed by atoms with Crippen LogP contribution in [-0.2, 0) is 6.61 Å². The summed E-state index contributed by atoms with van der Waals surface area (Å²) in [5.41, 5.74) is 0.790. The second kappa shape index (κ2) is 5.81. The second-order valence-corrected chi connectivity index (χ2v) is 3.62. The van der Waals surface area contributed by atoms with Crippen LogP contribution in [0, 0.1) is 0 Å².